The summed E-state index contributed by atoms with van der Waals surface area (Å²) in [5, 5.41) is 37.8. The van der Waals surface area contributed by atoms with Crippen LogP contribution in [0.2, 0.25) is 0 Å². The van der Waals surface area contributed by atoms with Crippen molar-refractivity contribution in [1.82, 2.24) is 5.32 Å². The normalized spacial score (nSPS) is 41.6. The smallest absolute Gasteiger partial charge is 0.323 e. The van der Waals surface area contributed by atoms with Crippen LogP contribution in [0.3, 0.4) is 0 Å². The van der Waals surface area contributed by atoms with Gasteiger partial charge in [0.2, 0.25) is 0 Å². The quantitative estimate of drug-likeness (QED) is 0.310. The summed E-state index contributed by atoms with van der Waals surface area (Å²) in [5.74, 6) is -1.24. The topological polar surface area (TPSA) is 110 Å². The zero-order valence-corrected chi connectivity index (χ0v) is 6.21. The van der Waals surface area contributed by atoms with E-state index in [4.69, 9.17) is 20.4 Å². The van der Waals surface area contributed by atoms with Gasteiger partial charge < -0.3 is 20.4 Å². The Balaban J connectivity index is 2.66. The molecule has 0 aromatic rings. The van der Waals surface area contributed by atoms with Crippen molar-refractivity contribution in [3.8, 4) is 0 Å². The van der Waals surface area contributed by atoms with Gasteiger partial charge in [0, 0.05) is 0 Å². The van der Waals surface area contributed by atoms with Crippen molar-refractivity contribution in [3.63, 3.8) is 0 Å². The number of carbonyl (C=O) groups is 1. The highest BCUT2D eigenvalue weighted by Gasteiger charge is 2.44. The molecule has 1 heterocycles. The van der Waals surface area contributed by atoms with Gasteiger partial charge in [-0.3, -0.25) is 10.1 Å². The molecule has 0 bridgehead atoms. The Labute approximate surface area is 68.4 Å². The van der Waals surface area contributed by atoms with Gasteiger partial charge in [0.15, 0.2) is 0 Å². The van der Waals surface area contributed by atoms with Gasteiger partial charge in [-0.15, -0.1) is 0 Å². The number of hydrogen-bond acceptors (Lipinski definition) is 5. The van der Waals surface area contributed by atoms with E-state index < -0.39 is 36.9 Å². The molecule has 4 atom stereocenters. The lowest BCUT2D eigenvalue weighted by molar-refractivity contribution is -0.142. The molecule has 0 amide bonds. The molecular weight excluding hydrogens is 166 g/mol. The third-order valence-electron chi connectivity index (χ3n) is 1.96. The highest BCUT2D eigenvalue weighted by molar-refractivity contribution is 5.75. The van der Waals surface area contributed by atoms with Crippen molar-refractivity contribution in [2.75, 3.05) is 6.61 Å². The lowest BCUT2D eigenvalue weighted by Gasteiger charge is -2.11. The summed E-state index contributed by atoms with van der Waals surface area (Å²) in [6.07, 6.45) is -2.59. The van der Waals surface area contributed by atoms with Gasteiger partial charge in [-0.2, -0.15) is 0 Å². The van der Waals surface area contributed by atoms with Crippen LogP contribution in [0.5, 0.6) is 0 Å². The molecule has 12 heavy (non-hydrogen) atoms. The van der Waals surface area contributed by atoms with Crippen LogP contribution in [0.25, 0.3) is 0 Å². The average Bonchev–Trinajstić information content (AvgIpc) is 2.30. The summed E-state index contributed by atoms with van der Waals surface area (Å²) in [5.41, 5.74) is 0. The maximum Gasteiger partial charge on any atom is 0.323 e. The van der Waals surface area contributed by atoms with Crippen molar-refractivity contribution in [2.45, 2.75) is 24.3 Å². The van der Waals surface area contributed by atoms with Gasteiger partial charge in [0.05, 0.1) is 18.8 Å². The number of carboxylic acids is 1. The molecule has 0 aromatic heterocycles. The van der Waals surface area contributed by atoms with Gasteiger partial charge >= 0.3 is 5.97 Å². The number of carboxylic acid groups (broad SMARTS) is 1. The number of nitrogens with one attached hydrogen (secondary N) is 1. The van der Waals surface area contributed by atoms with Crippen LogP contribution in [0, 0.1) is 0 Å². The summed E-state index contributed by atoms with van der Waals surface area (Å²) in [4.78, 5) is 10.4. The van der Waals surface area contributed by atoms with E-state index >= 15 is 0 Å². The van der Waals surface area contributed by atoms with Crippen LogP contribution in [-0.2, 0) is 4.79 Å². The SMILES string of the molecule is O=C(O)[C@H]1N[C@@H](CO)[C@@H](O)[C@@H]1O. The van der Waals surface area contributed by atoms with E-state index in [-0.39, 0.29) is 0 Å². The standard InChI is InChI=1S/C6H11NO5/c8-1-2-4(9)5(10)3(7-2)6(11)12/h2-5,7-10H,1H2,(H,11,12)/t2-,3-,4+,5+/m0/s1. The van der Waals surface area contributed by atoms with Gasteiger partial charge in [-0.1, -0.05) is 0 Å². The predicted molar refractivity (Wildman–Crippen MR) is 37.4 cm³/mol. The van der Waals surface area contributed by atoms with Crippen LogP contribution in [0.1, 0.15) is 0 Å². The summed E-state index contributed by atoms with van der Waals surface area (Å²) in [6, 6.07) is -1.96. The molecule has 1 saturated heterocycles. The molecule has 5 N–H and O–H groups in total. The third kappa shape index (κ3) is 1.42. The number of hydrogen-bond donors (Lipinski definition) is 5. The molecule has 1 aliphatic rings. The molecule has 70 valence electrons. The Morgan fingerprint density at radius 3 is 2.17 bits per heavy atom. The second-order valence-electron chi connectivity index (χ2n) is 2.75. The molecule has 0 spiro atoms. The first-order chi connectivity index (χ1) is 5.57. The Hall–Kier alpha value is -0.690. The summed E-state index contributed by atoms with van der Waals surface area (Å²) < 4.78 is 0. The minimum Gasteiger partial charge on any atom is -0.480 e. The van der Waals surface area contributed by atoms with Crippen LogP contribution in [0.15, 0.2) is 0 Å². The lowest BCUT2D eigenvalue weighted by Crippen LogP contribution is -2.41. The zero-order chi connectivity index (χ0) is 9.30. The van der Waals surface area contributed by atoms with Crippen molar-refractivity contribution in [3.05, 3.63) is 0 Å². The first-order valence-electron chi connectivity index (χ1n) is 3.53. The third-order valence-corrected chi connectivity index (χ3v) is 1.96. The summed E-state index contributed by atoms with van der Waals surface area (Å²) >= 11 is 0. The molecule has 0 unspecified atom stereocenters. The van der Waals surface area contributed by atoms with Crippen LogP contribution in [-0.4, -0.2) is 57.3 Å². The fraction of sp³-hybridized carbons (Fsp3) is 0.833. The zero-order valence-electron chi connectivity index (χ0n) is 6.21. The summed E-state index contributed by atoms with van der Waals surface area (Å²) in [7, 11) is 0. The second kappa shape index (κ2) is 3.36. The molecule has 0 aromatic carbocycles. The first-order valence-corrected chi connectivity index (χ1v) is 3.53. The van der Waals surface area contributed by atoms with Crippen LogP contribution < -0.4 is 5.32 Å². The van der Waals surface area contributed by atoms with Crippen molar-refractivity contribution in [1.29, 1.82) is 0 Å². The number of rotatable bonds is 2. The van der Waals surface area contributed by atoms with E-state index in [1.807, 2.05) is 0 Å². The Kier molecular flexibility index (Phi) is 2.63. The van der Waals surface area contributed by atoms with Gasteiger partial charge in [-0.05, 0) is 0 Å². The van der Waals surface area contributed by atoms with E-state index in [9.17, 15) is 4.79 Å². The van der Waals surface area contributed by atoms with Crippen molar-refractivity contribution < 1.29 is 25.2 Å². The Morgan fingerprint density at radius 2 is 1.92 bits per heavy atom. The fourth-order valence-corrected chi connectivity index (χ4v) is 1.24. The van der Waals surface area contributed by atoms with E-state index in [1.165, 1.54) is 0 Å². The Morgan fingerprint density at radius 1 is 1.33 bits per heavy atom. The molecule has 1 rings (SSSR count). The average molecular weight is 177 g/mol. The molecule has 1 aliphatic heterocycles. The number of aliphatic hydroxyl groups is 3. The lowest BCUT2D eigenvalue weighted by atomic mass is 10.1. The summed E-state index contributed by atoms with van der Waals surface area (Å²) in [6.45, 7) is -0.401. The van der Waals surface area contributed by atoms with E-state index in [0.717, 1.165) is 0 Å². The van der Waals surface area contributed by atoms with Gasteiger partial charge in [-0.25, -0.2) is 0 Å². The fourth-order valence-electron chi connectivity index (χ4n) is 1.24. The minimum absolute atomic E-state index is 0.401. The van der Waals surface area contributed by atoms with Crippen molar-refractivity contribution in [2.24, 2.45) is 0 Å². The molecule has 1 fully saturated rings. The van der Waals surface area contributed by atoms with Crippen molar-refractivity contribution >= 4 is 5.97 Å². The van der Waals surface area contributed by atoms with E-state index in [1.54, 1.807) is 0 Å². The van der Waals surface area contributed by atoms with Crippen LogP contribution >= 0.6 is 0 Å². The maximum atomic E-state index is 10.4. The van der Waals surface area contributed by atoms with Gasteiger partial charge in [0.1, 0.15) is 12.1 Å². The number of aliphatic hydroxyl groups excluding tert-OH is 3. The molecule has 0 saturated carbocycles. The van der Waals surface area contributed by atoms with E-state index in [2.05, 4.69) is 5.32 Å². The first kappa shape index (κ1) is 9.40. The Bertz CT molecular complexity index is 185. The highest BCUT2D eigenvalue weighted by atomic mass is 16.4. The molecular formula is C6H11NO5. The molecule has 6 nitrogen and oxygen atoms in total. The monoisotopic (exact) mass is 177 g/mol. The number of aliphatic carboxylic acids is 1. The second-order valence-corrected chi connectivity index (χ2v) is 2.75. The van der Waals surface area contributed by atoms with Gasteiger partial charge in [0.25, 0.3) is 0 Å². The van der Waals surface area contributed by atoms with Crippen LogP contribution in [0.4, 0.5) is 0 Å². The highest BCUT2D eigenvalue weighted by Crippen LogP contribution is 2.13. The minimum atomic E-state index is -1.36. The molecule has 0 radical (unpaired) electrons. The largest absolute Gasteiger partial charge is 0.480 e. The maximum absolute atomic E-state index is 10.4. The predicted octanol–water partition coefficient (Wildman–Crippen LogP) is -2.87. The molecule has 6 heteroatoms. The molecule has 0 aliphatic carbocycles. The van der Waals surface area contributed by atoms with E-state index in [0.29, 0.717) is 0 Å².